The van der Waals surface area contributed by atoms with Crippen molar-refractivity contribution < 1.29 is 18.0 Å². The van der Waals surface area contributed by atoms with E-state index in [0.29, 0.717) is 5.69 Å². The smallest absolute Gasteiger partial charge is 0.396 e. The first-order chi connectivity index (χ1) is 7.38. The highest BCUT2D eigenvalue weighted by Crippen LogP contribution is 2.43. The van der Waals surface area contributed by atoms with Gasteiger partial charge in [0, 0.05) is 17.8 Å². The first-order valence-electron chi connectivity index (χ1n) is 4.64. The number of hydrogen-bond acceptors (Lipinski definition) is 2. The van der Waals surface area contributed by atoms with Gasteiger partial charge in [0.25, 0.3) is 0 Å². The lowest BCUT2D eigenvalue weighted by molar-refractivity contribution is -0.156. The molecular weight excluding hydrogens is 221 g/mol. The summed E-state index contributed by atoms with van der Waals surface area (Å²) in [5.41, 5.74) is 5.99. The van der Waals surface area contributed by atoms with Crippen molar-refractivity contribution in [3.63, 3.8) is 0 Å². The minimum atomic E-state index is -4.41. The fraction of sp³-hybridized carbons (Fsp3) is 0.300. The van der Waals surface area contributed by atoms with Gasteiger partial charge in [-0.2, -0.15) is 13.2 Å². The monoisotopic (exact) mass is 230 g/mol. The van der Waals surface area contributed by atoms with Gasteiger partial charge in [0.2, 0.25) is 5.91 Å². The van der Waals surface area contributed by atoms with Crippen LogP contribution in [0.15, 0.2) is 18.2 Å². The van der Waals surface area contributed by atoms with Crippen LogP contribution in [0.5, 0.6) is 0 Å². The molecule has 0 saturated carbocycles. The van der Waals surface area contributed by atoms with Crippen LogP contribution in [0, 0.1) is 0 Å². The van der Waals surface area contributed by atoms with Crippen molar-refractivity contribution in [1.29, 1.82) is 0 Å². The molecule has 1 atom stereocenters. The van der Waals surface area contributed by atoms with Crippen molar-refractivity contribution in [2.45, 2.75) is 18.5 Å². The number of hydrogen-bond donors (Lipinski definition) is 2. The summed E-state index contributed by atoms with van der Waals surface area (Å²) in [6.07, 6.45) is -4.98. The summed E-state index contributed by atoms with van der Waals surface area (Å²) in [4.78, 5) is 11.1. The van der Waals surface area contributed by atoms with Crippen LogP contribution in [0.25, 0.3) is 0 Å². The van der Waals surface area contributed by atoms with E-state index in [2.05, 4.69) is 5.32 Å². The molecule has 1 aliphatic rings. The molecule has 86 valence electrons. The Morgan fingerprint density at radius 3 is 2.69 bits per heavy atom. The lowest BCUT2D eigenvalue weighted by atomic mass is 9.90. The number of fused-ring (bicyclic) bond motifs is 1. The third-order valence-electron chi connectivity index (χ3n) is 2.51. The molecular formula is C10H9F3N2O. The number of amides is 1. The molecule has 0 radical (unpaired) electrons. The Labute approximate surface area is 89.4 Å². The molecule has 16 heavy (non-hydrogen) atoms. The van der Waals surface area contributed by atoms with E-state index in [0.717, 1.165) is 0 Å². The van der Waals surface area contributed by atoms with Gasteiger partial charge in [0.1, 0.15) is 0 Å². The molecule has 0 spiro atoms. The van der Waals surface area contributed by atoms with E-state index in [-0.39, 0.29) is 11.3 Å². The van der Waals surface area contributed by atoms with Crippen molar-refractivity contribution in [3.8, 4) is 0 Å². The lowest BCUT2D eigenvalue weighted by Gasteiger charge is -2.27. The minimum absolute atomic E-state index is 0.0706. The van der Waals surface area contributed by atoms with Gasteiger partial charge in [-0.1, -0.05) is 6.07 Å². The van der Waals surface area contributed by atoms with E-state index in [4.69, 9.17) is 5.73 Å². The van der Waals surface area contributed by atoms with Gasteiger partial charge in [-0.25, -0.2) is 0 Å². The molecule has 0 bridgehead atoms. The Morgan fingerprint density at radius 1 is 1.38 bits per heavy atom. The summed E-state index contributed by atoms with van der Waals surface area (Å²) in [5.74, 6) is -2.38. The van der Waals surface area contributed by atoms with E-state index >= 15 is 0 Å². The normalized spacial score (nSPS) is 20.2. The molecule has 1 unspecified atom stereocenters. The zero-order valence-electron chi connectivity index (χ0n) is 8.14. The lowest BCUT2D eigenvalue weighted by Crippen LogP contribution is -2.31. The van der Waals surface area contributed by atoms with Crippen molar-refractivity contribution in [2.24, 2.45) is 0 Å². The summed E-state index contributed by atoms with van der Waals surface area (Å²) in [7, 11) is 0. The van der Waals surface area contributed by atoms with Crippen molar-refractivity contribution in [3.05, 3.63) is 23.8 Å². The predicted octanol–water partition coefficient (Wildman–Crippen LogP) is 2.26. The number of carbonyl (C=O) groups excluding carboxylic acids is 1. The number of alkyl halides is 3. The number of rotatable bonds is 0. The molecule has 1 aromatic rings. The summed E-state index contributed by atoms with van der Waals surface area (Å²) in [6.45, 7) is 0. The third-order valence-corrected chi connectivity index (χ3v) is 2.51. The molecule has 1 aliphatic heterocycles. The zero-order chi connectivity index (χ0) is 11.9. The van der Waals surface area contributed by atoms with Gasteiger partial charge in [-0.05, 0) is 17.7 Å². The Kier molecular flexibility index (Phi) is 2.29. The fourth-order valence-electron chi connectivity index (χ4n) is 1.77. The number of anilines is 2. The number of carbonyl (C=O) groups is 1. The molecule has 3 nitrogen and oxygen atoms in total. The molecule has 0 fully saturated rings. The number of nitrogens with two attached hydrogens (primary N) is 1. The number of nitrogen functional groups attached to an aromatic ring is 1. The summed E-state index contributed by atoms with van der Waals surface area (Å²) in [5, 5.41) is 2.38. The largest absolute Gasteiger partial charge is 0.399 e. The average Bonchev–Trinajstić information content (AvgIpc) is 2.14. The Bertz CT molecular complexity index is 442. The van der Waals surface area contributed by atoms with E-state index in [1.807, 2.05) is 0 Å². The van der Waals surface area contributed by atoms with Crippen LogP contribution < -0.4 is 11.1 Å². The average molecular weight is 230 g/mol. The highest BCUT2D eigenvalue weighted by Gasteiger charge is 2.45. The first-order valence-corrected chi connectivity index (χ1v) is 4.64. The van der Waals surface area contributed by atoms with Gasteiger partial charge < -0.3 is 11.1 Å². The van der Waals surface area contributed by atoms with Crippen molar-refractivity contribution in [2.75, 3.05) is 11.1 Å². The molecule has 0 aromatic heterocycles. The molecule has 0 saturated heterocycles. The second-order valence-corrected chi connectivity index (χ2v) is 3.69. The summed E-state index contributed by atoms with van der Waals surface area (Å²) in [6, 6.07) is 4.04. The Hall–Kier alpha value is -1.72. The molecule has 1 amide bonds. The maximum absolute atomic E-state index is 12.7. The highest BCUT2D eigenvalue weighted by molar-refractivity contribution is 5.95. The van der Waals surface area contributed by atoms with Crippen LogP contribution in [0.3, 0.4) is 0 Å². The van der Waals surface area contributed by atoms with Gasteiger partial charge >= 0.3 is 6.18 Å². The molecule has 2 rings (SSSR count). The van der Waals surface area contributed by atoms with E-state index in [9.17, 15) is 18.0 Å². The second-order valence-electron chi connectivity index (χ2n) is 3.69. The van der Waals surface area contributed by atoms with E-state index in [1.54, 1.807) is 0 Å². The van der Waals surface area contributed by atoms with E-state index in [1.165, 1.54) is 18.2 Å². The number of halogens is 3. The summed E-state index contributed by atoms with van der Waals surface area (Å²) < 4.78 is 38.0. The van der Waals surface area contributed by atoms with Crippen LogP contribution >= 0.6 is 0 Å². The molecule has 1 heterocycles. The van der Waals surface area contributed by atoms with Gasteiger partial charge in [-0.3, -0.25) is 4.79 Å². The number of nitrogens with one attached hydrogen (secondary N) is 1. The maximum atomic E-state index is 12.7. The SMILES string of the molecule is Nc1ccc2c(c1)NC(=O)CC2C(F)(F)F. The van der Waals surface area contributed by atoms with Crippen LogP contribution in [0.4, 0.5) is 24.5 Å². The molecule has 6 heteroatoms. The topological polar surface area (TPSA) is 55.1 Å². The van der Waals surface area contributed by atoms with Crippen LogP contribution in [0.1, 0.15) is 17.9 Å². The van der Waals surface area contributed by atoms with Gasteiger partial charge in [-0.15, -0.1) is 0 Å². The number of benzene rings is 1. The van der Waals surface area contributed by atoms with Crippen molar-refractivity contribution in [1.82, 2.24) is 0 Å². The Morgan fingerprint density at radius 2 is 2.06 bits per heavy atom. The van der Waals surface area contributed by atoms with Gasteiger partial charge in [0.05, 0.1) is 5.92 Å². The van der Waals surface area contributed by atoms with Crippen LogP contribution in [-0.4, -0.2) is 12.1 Å². The first kappa shape index (κ1) is 10.8. The summed E-state index contributed by atoms with van der Waals surface area (Å²) >= 11 is 0. The molecule has 1 aromatic carbocycles. The minimum Gasteiger partial charge on any atom is -0.399 e. The van der Waals surface area contributed by atoms with Crippen LogP contribution in [0.2, 0.25) is 0 Å². The van der Waals surface area contributed by atoms with E-state index < -0.39 is 24.4 Å². The molecule has 0 aliphatic carbocycles. The highest BCUT2D eigenvalue weighted by atomic mass is 19.4. The van der Waals surface area contributed by atoms with Crippen molar-refractivity contribution >= 4 is 17.3 Å². The third kappa shape index (κ3) is 1.82. The fourth-order valence-corrected chi connectivity index (χ4v) is 1.77. The van der Waals surface area contributed by atoms with Crippen LogP contribution in [-0.2, 0) is 4.79 Å². The Balaban J connectivity index is 2.50. The second kappa shape index (κ2) is 3.40. The maximum Gasteiger partial charge on any atom is 0.396 e. The van der Waals surface area contributed by atoms with Gasteiger partial charge in [0.15, 0.2) is 0 Å². The predicted molar refractivity (Wildman–Crippen MR) is 52.9 cm³/mol. The quantitative estimate of drug-likeness (QED) is 0.671. The molecule has 3 N–H and O–H groups in total. The zero-order valence-corrected chi connectivity index (χ0v) is 8.14. The standard InChI is InChI=1S/C10H9F3N2O/c11-10(12,13)7-4-9(16)15-8-3-5(14)1-2-6(7)8/h1-3,7H,4,14H2,(H,15,16).